The second kappa shape index (κ2) is 4.09. The summed E-state index contributed by atoms with van der Waals surface area (Å²) in [4.78, 5) is 36.4. The van der Waals surface area contributed by atoms with Crippen molar-refractivity contribution in [2.75, 3.05) is 13.1 Å². The summed E-state index contributed by atoms with van der Waals surface area (Å²) >= 11 is 0. The number of aliphatic hydroxyl groups is 1. The Morgan fingerprint density at radius 2 is 2.26 bits per heavy atom. The summed E-state index contributed by atoms with van der Waals surface area (Å²) in [6.07, 6.45) is 1.79. The summed E-state index contributed by atoms with van der Waals surface area (Å²) in [6.45, 7) is 0.756. The SMILES string of the molecule is O=C1CCCN1NC(=O)C1(O)CCC2CN1C(=O)N2. The number of amides is 4. The molecular formula is C11H16N4O4. The van der Waals surface area contributed by atoms with Gasteiger partial charge in [-0.15, -0.1) is 0 Å². The third-order valence-corrected chi connectivity index (χ3v) is 3.94. The summed E-state index contributed by atoms with van der Waals surface area (Å²) < 4.78 is 0. The van der Waals surface area contributed by atoms with Crippen LogP contribution < -0.4 is 10.7 Å². The third-order valence-electron chi connectivity index (χ3n) is 3.94. The molecule has 0 aliphatic carbocycles. The molecule has 19 heavy (non-hydrogen) atoms. The molecule has 0 aromatic carbocycles. The molecule has 3 heterocycles. The number of carbonyl (C=O) groups is 3. The normalized spacial score (nSPS) is 33.6. The van der Waals surface area contributed by atoms with Crippen molar-refractivity contribution in [3.05, 3.63) is 0 Å². The monoisotopic (exact) mass is 268 g/mol. The molecule has 2 bridgehead atoms. The standard InChI is InChI=1S/C11H16N4O4/c16-8-2-1-5-15(8)13-9(17)11(19)4-3-7-6-14(11)10(18)12-7/h7,19H,1-6H2,(H,12,18)(H,13,17). The Kier molecular flexibility index (Phi) is 2.63. The summed E-state index contributed by atoms with van der Waals surface area (Å²) in [5, 5.41) is 14.4. The first kappa shape index (κ1) is 12.2. The number of fused-ring (bicyclic) bond motifs is 2. The summed E-state index contributed by atoms with van der Waals surface area (Å²) in [5.74, 6) is -0.880. The topological polar surface area (TPSA) is 102 Å². The van der Waals surface area contributed by atoms with Gasteiger partial charge in [0.2, 0.25) is 11.6 Å². The molecule has 8 nitrogen and oxygen atoms in total. The first-order valence-electron chi connectivity index (χ1n) is 6.43. The fraction of sp³-hybridized carbons (Fsp3) is 0.727. The van der Waals surface area contributed by atoms with E-state index in [-0.39, 0.29) is 18.4 Å². The van der Waals surface area contributed by atoms with Gasteiger partial charge in [-0.2, -0.15) is 0 Å². The largest absolute Gasteiger partial charge is 0.363 e. The fourth-order valence-electron chi connectivity index (χ4n) is 2.81. The zero-order valence-electron chi connectivity index (χ0n) is 10.4. The lowest BCUT2D eigenvalue weighted by molar-refractivity contribution is -0.167. The van der Waals surface area contributed by atoms with Crippen LogP contribution in [0.1, 0.15) is 25.7 Å². The highest BCUT2D eigenvalue weighted by Crippen LogP contribution is 2.30. The molecule has 3 aliphatic heterocycles. The maximum Gasteiger partial charge on any atom is 0.320 e. The summed E-state index contributed by atoms with van der Waals surface area (Å²) in [6, 6.07) is -0.443. The molecule has 0 radical (unpaired) electrons. The summed E-state index contributed by atoms with van der Waals surface area (Å²) in [7, 11) is 0. The number of hydrogen-bond donors (Lipinski definition) is 3. The summed E-state index contributed by atoms with van der Waals surface area (Å²) in [5.41, 5.74) is 0.554. The second-order valence-electron chi connectivity index (χ2n) is 5.20. The van der Waals surface area contributed by atoms with Crippen LogP contribution in [0.5, 0.6) is 0 Å². The number of carbonyl (C=O) groups excluding carboxylic acids is 3. The smallest absolute Gasteiger partial charge is 0.320 e. The van der Waals surface area contributed by atoms with E-state index in [0.717, 1.165) is 4.90 Å². The molecule has 3 fully saturated rings. The molecule has 2 atom stereocenters. The molecule has 0 spiro atoms. The number of nitrogens with one attached hydrogen (secondary N) is 2. The average Bonchev–Trinajstić information content (AvgIpc) is 2.91. The zero-order valence-corrected chi connectivity index (χ0v) is 10.4. The van der Waals surface area contributed by atoms with Crippen LogP contribution in [0.15, 0.2) is 0 Å². The van der Waals surface area contributed by atoms with Crippen LogP contribution in [-0.4, -0.2) is 57.7 Å². The molecule has 3 saturated heterocycles. The number of rotatable bonds is 2. The molecule has 104 valence electrons. The number of hydrogen-bond acceptors (Lipinski definition) is 4. The lowest BCUT2D eigenvalue weighted by Gasteiger charge is -2.38. The Balaban J connectivity index is 1.74. The predicted octanol–water partition coefficient (Wildman–Crippen LogP) is -1.48. The molecule has 0 saturated carbocycles. The van der Waals surface area contributed by atoms with Crippen molar-refractivity contribution in [3.8, 4) is 0 Å². The Hall–Kier alpha value is -1.83. The van der Waals surface area contributed by atoms with E-state index in [0.29, 0.717) is 32.4 Å². The van der Waals surface area contributed by atoms with Gasteiger partial charge in [-0.25, -0.2) is 4.79 Å². The van der Waals surface area contributed by atoms with Gasteiger partial charge < -0.3 is 10.4 Å². The van der Waals surface area contributed by atoms with Crippen molar-refractivity contribution in [2.45, 2.75) is 37.5 Å². The predicted molar refractivity (Wildman–Crippen MR) is 62.3 cm³/mol. The lowest BCUT2D eigenvalue weighted by atomic mass is 9.97. The Morgan fingerprint density at radius 3 is 2.95 bits per heavy atom. The van der Waals surface area contributed by atoms with Gasteiger partial charge in [0.05, 0.1) is 0 Å². The Bertz CT molecular complexity index is 454. The number of nitrogens with zero attached hydrogens (tertiary/aromatic N) is 2. The average molecular weight is 268 g/mol. The van der Waals surface area contributed by atoms with Crippen LogP contribution in [0, 0.1) is 0 Å². The number of piperidine rings is 1. The minimum atomic E-state index is -1.86. The molecule has 0 aromatic rings. The van der Waals surface area contributed by atoms with E-state index in [1.54, 1.807) is 0 Å². The molecule has 3 rings (SSSR count). The minimum absolute atomic E-state index is 0.00556. The Morgan fingerprint density at radius 1 is 1.47 bits per heavy atom. The highest BCUT2D eigenvalue weighted by molar-refractivity contribution is 5.92. The van der Waals surface area contributed by atoms with Gasteiger partial charge in [0, 0.05) is 32.0 Å². The third kappa shape index (κ3) is 1.83. The van der Waals surface area contributed by atoms with E-state index in [1.165, 1.54) is 5.01 Å². The number of hydrazine groups is 1. The molecule has 3 N–H and O–H groups in total. The van der Waals surface area contributed by atoms with Crippen molar-refractivity contribution in [3.63, 3.8) is 0 Å². The Labute approximate surface area is 109 Å². The van der Waals surface area contributed by atoms with Crippen molar-refractivity contribution >= 4 is 17.8 Å². The van der Waals surface area contributed by atoms with Crippen molar-refractivity contribution in [1.82, 2.24) is 20.7 Å². The van der Waals surface area contributed by atoms with Gasteiger partial charge in [0.15, 0.2) is 0 Å². The molecule has 2 unspecified atom stereocenters. The zero-order chi connectivity index (χ0) is 13.6. The highest BCUT2D eigenvalue weighted by atomic mass is 16.3. The van der Waals surface area contributed by atoms with E-state index in [4.69, 9.17) is 0 Å². The van der Waals surface area contributed by atoms with Crippen molar-refractivity contribution in [2.24, 2.45) is 0 Å². The van der Waals surface area contributed by atoms with Gasteiger partial charge >= 0.3 is 6.03 Å². The van der Waals surface area contributed by atoms with E-state index in [9.17, 15) is 19.5 Å². The van der Waals surface area contributed by atoms with E-state index < -0.39 is 17.7 Å². The first-order chi connectivity index (χ1) is 9.00. The lowest BCUT2D eigenvalue weighted by Crippen LogP contribution is -2.63. The fourth-order valence-corrected chi connectivity index (χ4v) is 2.81. The molecule has 8 heteroatoms. The van der Waals surface area contributed by atoms with E-state index in [2.05, 4.69) is 10.7 Å². The maximum atomic E-state index is 12.2. The van der Waals surface area contributed by atoms with E-state index >= 15 is 0 Å². The van der Waals surface area contributed by atoms with Crippen LogP contribution >= 0.6 is 0 Å². The quantitative estimate of drug-likeness (QED) is 0.568. The van der Waals surface area contributed by atoms with Crippen LogP contribution in [-0.2, 0) is 9.59 Å². The van der Waals surface area contributed by atoms with Gasteiger partial charge in [0.1, 0.15) is 0 Å². The minimum Gasteiger partial charge on any atom is -0.363 e. The van der Waals surface area contributed by atoms with Crippen LogP contribution in [0.25, 0.3) is 0 Å². The van der Waals surface area contributed by atoms with Gasteiger partial charge in [-0.05, 0) is 12.8 Å². The van der Waals surface area contributed by atoms with Crippen molar-refractivity contribution < 1.29 is 19.5 Å². The van der Waals surface area contributed by atoms with Gasteiger partial charge in [0.25, 0.3) is 5.91 Å². The van der Waals surface area contributed by atoms with Crippen LogP contribution in [0.2, 0.25) is 0 Å². The second-order valence-corrected chi connectivity index (χ2v) is 5.20. The van der Waals surface area contributed by atoms with Crippen LogP contribution in [0.3, 0.4) is 0 Å². The molecule has 3 aliphatic rings. The molecule has 0 aromatic heterocycles. The van der Waals surface area contributed by atoms with Crippen LogP contribution in [0.4, 0.5) is 4.79 Å². The van der Waals surface area contributed by atoms with Crippen molar-refractivity contribution in [1.29, 1.82) is 0 Å². The molecular weight excluding hydrogens is 252 g/mol. The highest BCUT2D eigenvalue weighted by Gasteiger charge is 2.53. The maximum absolute atomic E-state index is 12.2. The number of urea groups is 1. The first-order valence-corrected chi connectivity index (χ1v) is 6.43. The molecule has 4 amide bonds. The van der Waals surface area contributed by atoms with Gasteiger partial charge in [-0.3, -0.25) is 24.9 Å². The van der Waals surface area contributed by atoms with E-state index in [1.807, 2.05) is 0 Å². The van der Waals surface area contributed by atoms with Gasteiger partial charge in [-0.1, -0.05) is 0 Å².